The van der Waals surface area contributed by atoms with Crippen LogP contribution in [0.4, 0.5) is 0 Å². The van der Waals surface area contributed by atoms with Crippen molar-refractivity contribution in [3.63, 3.8) is 0 Å². The summed E-state index contributed by atoms with van der Waals surface area (Å²) >= 11 is 0. The van der Waals surface area contributed by atoms with Gasteiger partial charge in [-0.15, -0.1) is 0 Å². The van der Waals surface area contributed by atoms with Crippen LogP contribution in [0.15, 0.2) is 0 Å². The Labute approximate surface area is 66.7 Å². The van der Waals surface area contributed by atoms with Gasteiger partial charge in [-0.05, 0) is 0 Å². The van der Waals surface area contributed by atoms with E-state index in [2.05, 4.69) is 4.74 Å². The second kappa shape index (κ2) is 3.00. The van der Waals surface area contributed by atoms with Gasteiger partial charge in [0, 0.05) is 0 Å². The highest BCUT2D eigenvalue weighted by Crippen LogP contribution is 2.10. The summed E-state index contributed by atoms with van der Waals surface area (Å²) in [4.78, 5) is 31.7. The monoisotopic (exact) mass is 180 g/mol. The first-order valence-electron chi connectivity index (χ1n) is 3.16. The van der Waals surface area contributed by atoms with E-state index in [0.717, 1.165) is 0 Å². The second-order valence-electron chi connectivity index (χ2n) is 2.27. The predicted molar refractivity (Wildman–Crippen MR) is 33.0 cm³/mol. The Bertz CT molecular complexity index is 244. The van der Waals surface area contributed by atoms with Gasteiger partial charge in [-0.1, -0.05) is 0 Å². The van der Waals surface area contributed by atoms with E-state index in [4.69, 9.17) is 10.2 Å². The SMILES string of the molecule is O=[13C]1O[13C@H]([13CH](O)[13CH2]O)[13C](=O)[13C]1=O. The maximum atomic E-state index is 10.7. The number of ketones is 2. The normalized spacial score (nSPS) is 25.8. The van der Waals surface area contributed by atoms with Gasteiger partial charge in [0.2, 0.25) is 0 Å². The van der Waals surface area contributed by atoms with Gasteiger partial charge in [0.25, 0.3) is 5.78 Å². The fraction of sp³-hybridized carbons (Fsp3) is 0.500. The molecule has 0 aromatic heterocycles. The number of carbonyl (C=O) groups is 3. The first kappa shape index (κ1) is 8.82. The Kier molecular flexibility index (Phi) is 2.20. The maximum Gasteiger partial charge on any atom is 0.383 e. The summed E-state index contributed by atoms with van der Waals surface area (Å²) in [5, 5.41) is 17.2. The van der Waals surface area contributed by atoms with E-state index in [1.165, 1.54) is 0 Å². The number of esters is 1. The van der Waals surface area contributed by atoms with E-state index >= 15 is 0 Å². The lowest BCUT2D eigenvalue weighted by Gasteiger charge is -2.10. The number of aliphatic hydroxyl groups excluding tert-OH is 2. The van der Waals surface area contributed by atoms with Crippen molar-refractivity contribution >= 4 is 17.5 Å². The van der Waals surface area contributed by atoms with Crippen molar-refractivity contribution < 1.29 is 29.3 Å². The van der Waals surface area contributed by atoms with Gasteiger partial charge in [-0.2, -0.15) is 0 Å². The average molecular weight is 180 g/mol. The lowest BCUT2D eigenvalue weighted by molar-refractivity contribution is -0.152. The highest BCUT2D eigenvalue weighted by atomic mass is 16.8. The Morgan fingerprint density at radius 2 is 2.00 bits per heavy atom. The summed E-state index contributed by atoms with van der Waals surface area (Å²) in [5.74, 6) is -3.67. The largest absolute Gasteiger partial charge is 0.445 e. The molecule has 0 bridgehead atoms. The minimum Gasteiger partial charge on any atom is -0.445 e. The average Bonchev–Trinajstić information content (AvgIpc) is 2.32. The molecular formula is C6H6O6. The topological polar surface area (TPSA) is 101 Å². The molecule has 1 heterocycles. The van der Waals surface area contributed by atoms with E-state index in [1.54, 1.807) is 0 Å². The van der Waals surface area contributed by atoms with E-state index in [0.29, 0.717) is 0 Å². The molecule has 12 heavy (non-hydrogen) atoms. The first-order chi connectivity index (χ1) is 5.57. The Balaban J connectivity index is 2.78. The van der Waals surface area contributed by atoms with Gasteiger partial charge >= 0.3 is 11.8 Å². The Morgan fingerprint density at radius 1 is 1.42 bits per heavy atom. The van der Waals surface area contributed by atoms with E-state index in [9.17, 15) is 14.4 Å². The fourth-order valence-corrected chi connectivity index (χ4v) is 0.801. The molecule has 1 unspecified atom stereocenters. The summed E-state index contributed by atoms with van der Waals surface area (Å²) in [6.07, 6.45) is -3.05. The molecule has 0 spiro atoms. The van der Waals surface area contributed by atoms with Gasteiger partial charge in [0.1, 0.15) is 6.10 Å². The number of rotatable bonds is 2. The lowest BCUT2D eigenvalue weighted by Crippen LogP contribution is -2.35. The number of hydrogen-bond acceptors (Lipinski definition) is 6. The van der Waals surface area contributed by atoms with E-state index in [-0.39, 0.29) is 0 Å². The standard InChI is InChI=1S/C6H6O6/c7-1-2(8)5-3(9)4(10)6(11)12-5/h2,5,7-8H,1H2/t2?,5-/m1/s1/i1+1,2+1,3+1,4+1,5+1,6+1. The molecule has 0 radical (unpaired) electrons. The van der Waals surface area contributed by atoms with Gasteiger partial charge in [-0.3, -0.25) is 9.59 Å². The molecule has 0 saturated carbocycles. The number of Topliss-reactive ketones (excluding diaryl/α,β-unsaturated/α-hetero) is 2. The van der Waals surface area contributed by atoms with Gasteiger partial charge in [-0.25, -0.2) is 4.79 Å². The number of aliphatic hydroxyl groups is 2. The molecule has 0 amide bonds. The van der Waals surface area contributed by atoms with Crippen molar-refractivity contribution in [2.24, 2.45) is 0 Å². The summed E-state index contributed by atoms with van der Waals surface area (Å²) in [6.45, 7) is -0.739. The molecule has 0 aliphatic carbocycles. The Hall–Kier alpha value is -1.27. The molecule has 2 N–H and O–H groups in total. The lowest BCUT2D eigenvalue weighted by atomic mass is 11.1. The molecule has 1 fully saturated rings. The van der Waals surface area contributed by atoms with Crippen LogP contribution in [-0.2, 0) is 19.1 Å². The van der Waals surface area contributed by atoms with Crippen molar-refractivity contribution in [1.82, 2.24) is 0 Å². The highest BCUT2D eigenvalue weighted by molar-refractivity contribution is 6.65. The molecule has 0 aromatic carbocycles. The minimum atomic E-state index is -1.53. The predicted octanol–water partition coefficient (Wildman–Crippen LogP) is -2.60. The van der Waals surface area contributed by atoms with Crippen molar-refractivity contribution in [1.29, 1.82) is 0 Å². The minimum absolute atomic E-state index is 0.739. The zero-order valence-corrected chi connectivity index (χ0v) is 5.89. The highest BCUT2D eigenvalue weighted by Gasteiger charge is 2.45. The van der Waals surface area contributed by atoms with Crippen LogP contribution < -0.4 is 0 Å². The van der Waals surface area contributed by atoms with E-state index in [1.807, 2.05) is 0 Å². The van der Waals surface area contributed by atoms with Gasteiger partial charge < -0.3 is 14.9 Å². The van der Waals surface area contributed by atoms with Crippen LogP contribution in [0.1, 0.15) is 0 Å². The van der Waals surface area contributed by atoms with Crippen LogP contribution in [-0.4, -0.2) is 46.6 Å². The summed E-state index contributed by atoms with van der Waals surface area (Å²) in [5.41, 5.74) is 0. The summed E-state index contributed by atoms with van der Waals surface area (Å²) < 4.78 is 4.19. The quantitative estimate of drug-likeness (QED) is 0.274. The van der Waals surface area contributed by atoms with Crippen LogP contribution in [0, 0.1) is 0 Å². The second-order valence-corrected chi connectivity index (χ2v) is 2.27. The molecule has 1 aliphatic heterocycles. The smallest absolute Gasteiger partial charge is 0.383 e. The van der Waals surface area contributed by atoms with Crippen molar-refractivity contribution in [2.45, 2.75) is 12.2 Å². The van der Waals surface area contributed by atoms with Crippen LogP contribution in [0.5, 0.6) is 0 Å². The van der Waals surface area contributed by atoms with Crippen LogP contribution in [0.25, 0.3) is 0 Å². The van der Waals surface area contributed by atoms with Crippen LogP contribution in [0.2, 0.25) is 0 Å². The molecule has 2 atom stereocenters. The van der Waals surface area contributed by atoms with Crippen molar-refractivity contribution in [3.05, 3.63) is 0 Å². The molecule has 66 valence electrons. The molecule has 0 aromatic rings. The van der Waals surface area contributed by atoms with E-state index < -0.39 is 36.4 Å². The molecular weight excluding hydrogens is 174 g/mol. The Morgan fingerprint density at radius 3 is 2.33 bits per heavy atom. The summed E-state index contributed by atoms with van der Waals surface area (Å²) in [6, 6.07) is 0. The van der Waals surface area contributed by atoms with Gasteiger partial charge in [0.05, 0.1) is 6.61 Å². The van der Waals surface area contributed by atoms with Crippen LogP contribution in [0.3, 0.4) is 0 Å². The molecule has 6 nitrogen and oxygen atoms in total. The van der Waals surface area contributed by atoms with Crippen molar-refractivity contribution in [2.75, 3.05) is 6.61 Å². The van der Waals surface area contributed by atoms with Crippen molar-refractivity contribution in [3.8, 4) is 0 Å². The summed E-state index contributed by atoms with van der Waals surface area (Å²) in [7, 11) is 0. The maximum absolute atomic E-state index is 10.7. The molecule has 1 rings (SSSR count). The third-order valence-corrected chi connectivity index (χ3v) is 1.44. The number of carbonyl (C=O) groups excluding carboxylic acids is 3. The zero-order chi connectivity index (χ0) is 9.30. The van der Waals surface area contributed by atoms with Crippen LogP contribution >= 0.6 is 0 Å². The number of ether oxygens (including phenoxy) is 1. The van der Waals surface area contributed by atoms with Gasteiger partial charge in [0.15, 0.2) is 6.10 Å². The molecule has 6 heteroatoms. The number of hydrogen-bond donors (Lipinski definition) is 2. The third-order valence-electron chi connectivity index (χ3n) is 1.44. The molecule has 1 saturated heterocycles. The molecule has 1 aliphatic rings. The first-order valence-corrected chi connectivity index (χ1v) is 3.16. The third kappa shape index (κ3) is 1.21. The zero-order valence-electron chi connectivity index (χ0n) is 5.89. The number of cyclic esters (lactones) is 1. The fourth-order valence-electron chi connectivity index (χ4n) is 0.801.